The first-order valence-electron chi connectivity index (χ1n) is 6.20. The minimum Gasteiger partial charge on any atom is -0.336 e. The molecule has 1 rings (SSSR count). The Morgan fingerprint density at radius 1 is 1.40 bits per heavy atom. The van der Waals surface area contributed by atoms with Gasteiger partial charge in [-0.3, -0.25) is 0 Å². The molecule has 0 aromatic carbocycles. The quantitative estimate of drug-likeness (QED) is 0.742. The molecule has 0 bridgehead atoms. The van der Waals surface area contributed by atoms with Crippen LogP contribution < -0.4 is 10.6 Å². The second-order valence-electron chi connectivity index (χ2n) is 4.80. The summed E-state index contributed by atoms with van der Waals surface area (Å²) in [7, 11) is 0. The second kappa shape index (κ2) is 5.99. The maximum atomic E-state index is 11.6. The number of hydrogen-bond acceptors (Lipinski definition) is 1. The monoisotopic (exact) mass is 212 g/mol. The molecule has 0 heterocycles. The molecule has 0 radical (unpaired) electrons. The van der Waals surface area contributed by atoms with E-state index in [1.807, 2.05) is 6.92 Å². The van der Waals surface area contributed by atoms with Crippen LogP contribution >= 0.6 is 0 Å². The predicted molar refractivity (Wildman–Crippen MR) is 62.8 cm³/mol. The molecular weight excluding hydrogens is 188 g/mol. The Hall–Kier alpha value is -0.730. The van der Waals surface area contributed by atoms with Crippen LogP contribution in [0.3, 0.4) is 0 Å². The number of nitrogens with one attached hydrogen (secondary N) is 2. The van der Waals surface area contributed by atoms with Crippen LogP contribution in [0.2, 0.25) is 0 Å². The topological polar surface area (TPSA) is 41.1 Å². The van der Waals surface area contributed by atoms with E-state index in [4.69, 9.17) is 0 Å². The number of rotatable bonds is 3. The van der Waals surface area contributed by atoms with E-state index in [0.29, 0.717) is 12.0 Å². The van der Waals surface area contributed by atoms with E-state index >= 15 is 0 Å². The van der Waals surface area contributed by atoms with Crippen molar-refractivity contribution >= 4 is 6.03 Å². The lowest BCUT2D eigenvalue weighted by Gasteiger charge is -2.30. The predicted octanol–water partition coefficient (Wildman–Crippen LogP) is 2.66. The number of hydrogen-bond donors (Lipinski definition) is 2. The van der Waals surface area contributed by atoms with Gasteiger partial charge in [-0.25, -0.2) is 4.79 Å². The molecule has 0 spiro atoms. The number of urea groups is 1. The first-order valence-corrected chi connectivity index (χ1v) is 6.20. The lowest BCUT2D eigenvalue weighted by atomic mass is 9.86. The molecule has 0 aromatic rings. The molecule has 3 nitrogen and oxygen atoms in total. The zero-order valence-electron chi connectivity index (χ0n) is 10.2. The van der Waals surface area contributed by atoms with Gasteiger partial charge in [0.05, 0.1) is 0 Å². The zero-order valence-corrected chi connectivity index (χ0v) is 10.2. The minimum absolute atomic E-state index is 0.00287. The summed E-state index contributed by atoms with van der Waals surface area (Å²) in [6.45, 7) is 6.34. The molecule has 1 fully saturated rings. The molecule has 0 unspecified atom stereocenters. The van der Waals surface area contributed by atoms with E-state index in [1.54, 1.807) is 0 Å². The fourth-order valence-corrected chi connectivity index (χ4v) is 2.07. The summed E-state index contributed by atoms with van der Waals surface area (Å²) in [6.07, 6.45) is 5.92. The first kappa shape index (κ1) is 12.3. The number of carbonyl (C=O) groups is 1. The highest BCUT2D eigenvalue weighted by molar-refractivity contribution is 5.74. The third kappa shape index (κ3) is 4.10. The van der Waals surface area contributed by atoms with E-state index in [1.165, 1.54) is 19.3 Å². The molecular formula is C12H24N2O. The van der Waals surface area contributed by atoms with E-state index in [2.05, 4.69) is 24.5 Å². The molecule has 3 atom stereocenters. The van der Waals surface area contributed by atoms with Crippen molar-refractivity contribution in [1.82, 2.24) is 10.6 Å². The van der Waals surface area contributed by atoms with Gasteiger partial charge in [0.2, 0.25) is 0 Å². The van der Waals surface area contributed by atoms with Crippen molar-refractivity contribution in [3.8, 4) is 0 Å². The lowest BCUT2D eigenvalue weighted by molar-refractivity contribution is 0.218. The summed E-state index contributed by atoms with van der Waals surface area (Å²) in [5.41, 5.74) is 0. The maximum Gasteiger partial charge on any atom is 0.315 e. The van der Waals surface area contributed by atoms with E-state index in [9.17, 15) is 4.79 Å². The van der Waals surface area contributed by atoms with E-state index in [0.717, 1.165) is 12.8 Å². The standard InChI is InChI=1S/C12H24N2O/c1-4-10(3)13-12(15)14-11-8-6-5-7-9(11)2/h9-11H,4-8H2,1-3H3,(H2,13,14,15)/t9-,10-,11-/m0/s1. The van der Waals surface area contributed by atoms with Crippen molar-refractivity contribution in [2.24, 2.45) is 5.92 Å². The summed E-state index contributed by atoms with van der Waals surface area (Å²) >= 11 is 0. The molecule has 1 aliphatic carbocycles. The fraction of sp³-hybridized carbons (Fsp3) is 0.917. The lowest BCUT2D eigenvalue weighted by Crippen LogP contribution is -2.48. The van der Waals surface area contributed by atoms with Crippen molar-refractivity contribution in [2.75, 3.05) is 0 Å². The first-order chi connectivity index (χ1) is 7.13. The van der Waals surface area contributed by atoms with Crippen molar-refractivity contribution in [1.29, 1.82) is 0 Å². The smallest absolute Gasteiger partial charge is 0.315 e. The molecule has 1 aliphatic rings. The summed E-state index contributed by atoms with van der Waals surface area (Å²) < 4.78 is 0. The normalized spacial score (nSPS) is 28.2. The Kier molecular flexibility index (Phi) is 4.92. The van der Waals surface area contributed by atoms with Gasteiger partial charge >= 0.3 is 6.03 Å². The average Bonchev–Trinajstić information content (AvgIpc) is 2.21. The number of amides is 2. The Bertz CT molecular complexity index is 206. The molecule has 2 amide bonds. The van der Waals surface area contributed by atoms with Crippen molar-refractivity contribution in [3.05, 3.63) is 0 Å². The van der Waals surface area contributed by atoms with Gasteiger partial charge in [-0.1, -0.05) is 26.7 Å². The van der Waals surface area contributed by atoms with Crippen LogP contribution in [0.25, 0.3) is 0 Å². The largest absolute Gasteiger partial charge is 0.336 e. The Labute approximate surface area is 93.0 Å². The zero-order chi connectivity index (χ0) is 11.3. The average molecular weight is 212 g/mol. The molecule has 0 aromatic heterocycles. The van der Waals surface area contributed by atoms with Crippen LogP contribution in [0.15, 0.2) is 0 Å². The molecule has 0 saturated heterocycles. The minimum atomic E-state index is 0.00287. The van der Waals surface area contributed by atoms with Crippen molar-refractivity contribution in [2.45, 2.75) is 65.0 Å². The van der Waals surface area contributed by atoms with Crippen LogP contribution in [-0.4, -0.2) is 18.1 Å². The highest BCUT2D eigenvalue weighted by Gasteiger charge is 2.22. The van der Waals surface area contributed by atoms with Gasteiger partial charge in [-0.15, -0.1) is 0 Å². The molecule has 3 heteroatoms. The Morgan fingerprint density at radius 2 is 2.07 bits per heavy atom. The molecule has 15 heavy (non-hydrogen) atoms. The van der Waals surface area contributed by atoms with Gasteiger partial charge in [0.25, 0.3) is 0 Å². The Morgan fingerprint density at radius 3 is 2.67 bits per heavy atom. The van der Waals surface area contributed by atoms with Crippen LogP contribution in [0.5, 0.6) is 0 Å². The summed E-state index contributed by atoms with van der Waals surface area (Å²) in [4.78, 5) is 11.6. The molecule has 88 valence electrons. The van der Waals surface area contributed by atoms with Gasteiger partial charge in [0.15, 0.2) is 0 Å². The molecule has 2 N–H and O–H groups in total. The third-order valence-corrected chi connectivity index (χ3v) is 3.42. The summed E-state index contributed by atoms with van der Waals surface area (Å²) in [5, 5.41) is 6.03. The van der Waals surface area contributed by atoms with Gasteiger partial charge in [0.1, 0.15) is 0 Å². The van der Waals surface area contributed by atoms with Crippen LogP contribution in [0.1, 0.15) is 52.9 Å². The fourth-order valence-electron chi connectivity index (χ4n) is 2.07. The summed E-state index contributed by atoms with van der Waals surface area (Å²) in [6, 6.07) is 0.648. The number of carbonyl (C=O) groups excluding carboxylic acids is 1. The van der Waals surface area contributed by atoms with Gasteiger partial charge in [-0.05, 0) is 32.1 Å². The molecule has 1 saturated carbocycles. The van der Waals surface area contributed by atoms with Crippen molar-refractivity contribution < 1.29 is 4.79 Å². The second-order valence-corrected chi connectivity index (χ2v) is 4.80. The van der Waals surface area contributed by atoms with Gasteiger partial charge in [0, 0.05) is 12.1 Å². The highest BCUT2D eigenvalue weighted by Crippen LogP contribution is 2.23. The Balaban J connectivity index is 2.29. The van der Waals surface area contributed by atoms with Crippen LogP contribution in [0, 0.1) is 5.92 Å². The highest BCUT2D eigenvalue weighted by atomic mass is 16.2. The third-order valence-electron chi connectivity index (χ3n) is 3.42. The van der Waals surface area contributed by atoms with Gasteiger partial charge < -0.3 is 10.6 Å². The molecule has 0 aliphatic heterocycles. The summed E-state index contributed by atoms with van der Waals surface area (Å²) in [5.74, 6) is 0.626. The van der Waals surface area contributed by atoms with Gasteiger partial charge in [-0.2, -0.15) is 0 Å². The van der Waals surface area contributed by atoms with E-state index in [-0.39, 0.29) is 12.1 Å². The van der Waals surface area contributed by atoms with Crippen LogP contribution in [-0.2, 0) is 0 Å². The van der Waals surface area contributed by atoms with E-state index < -0.39 is 0 Å². The maximum absolute atomic E-state index is 11.6. The van der Waals surface area contributed by atoms with Crippen LogP contribution in [0.4, 0.5) is 4.79 Å². The SMILES string of the molecule is CC[C@H](C)NC(=O)N[C@H]1CCCC[C@@H]1C. The van der Waals surface area contributed by atoms with Crippen molar-refractivity contribution in [3.63, 3.8) is 0 Å².